The maximum Gasteiger partial charge on any atom is 0.414 e. The number of aromatic nitrogens is 2. The van der Waals surface area contributed by atoms with Crippen molar-refractivity contribution in [2.24, 2.45) is 0 Å². The van der Waals surface area contributed by atoms with Crippen LogP contribution in [0.2, 0.25) is 5.02 Å². The number of ether oxygens (including phenoxy) is 1. The van der Waals surface area contributed by atoms with E-state index in [-0.39, 0.29) is 17.7 Å². The summed E-state index contributed by atoms with van der Waals surface area (Å²) >= 11 is 9.26. The Labute approximate surface area is 164 Å². The topological polar surface area (TPSA) is 99.3 Å². The highest BCUT2D eigenvalue weighted by molar-refractivity contribution is 9.10. The lowest BCUT2D eigenvalue weighted by Crippen LogP contribution is -2.41. The number of benzene rings is 1. The van der Waals surface area contributed by atoms with Gasteiger partial charge in [-0.05, 0) is 49.1 Å². The summed E-state index contributed by atoms with van der Waals surface area (Å²) in [5.74, 6) is -0.163. The predicted molar refractivity (Wildman–Crippen MR) is 103 cm³/mol. The molecule has 26 heavy (non-hydrogen) atoms. The third-order valence-electron chi connectivity index (χ3n) is 3.23. The van der Waals surface area contributed by atoms with Crippen molar-refractivity contribution < 1.29 is 14.3 Å². The number of carbonyl (C=O) groups is 2. The second-order valence-corrected chi connectivity index (χ2v) is 7.05. The molecule has 2 rings (SSSR count). The molecule has 0 aliphatic carbocycles. The molecule has 0 bridgehead atoms. The van der Waals surface area contributed by atoms with E-state index in [0.717, 1.165) is 0 Å². The number of nitrogens with zero attached hydrogens (tertiary/aromatic N) is 2. The Morgan fingerprint density at radius 1 is 1.38 bits per heavy atom. The van der Waals surface area contributed by atoms with Crippen LogP contribution in [0.5, 0.6) is 5.88 Å². The van der Waals surface area contributed by atoms with Crippen LogP contribution in [0.1, 0.15) is 17.3 Å². The molecular weight excluding hydrogens is 426 g/mol. The fraction of sp³-hybridized carbons (Fsp3) is 0.312. The molecule has 1 aromatic heterocycles. The lowest BCUT2D eigenvalue weighted by molar-refractivity contribution is 0.102. The number of likely N-dealkylation sites (N-methyl/N-ethyl adjacent to an activating group) is 1. The van der Waals surface area contributed by atoms with E-state index in [9.17, 15) is 9.59 Å². The number of carbonyl (C=O) groups excluding carboxylic acids is 2. The van der Waals surface area contributed by atoms with E-state index < -0.39 is 12.0 Å². The van der Waals surface area contributed by atoms with Gasteiger partial charge in [-0.25, -0.2) is 4.79 Å². The predicted octanol–water partition coefficient (Wildman–Crippen LogP) is 3.12. The van der Waals surface area contributed by atoms with Gasteiger partial charge in [-0.1, -0.05) is 23.7 Å². The van der Waals surface area contributed by atoms with Gasteiger partial charge in [0.2, 0.25) is 0 Å². The third kappa shape index (κ3) is 5.45. The molecule has 1 aromatic carbocycles. The van der Waals surface area contributed by atoms with Crippen LogP contribution in [0.3, 0.4) is 0 Å². The number of aromatic amines is 1. The van der Waals surface area contributed by atoms with E-state index in [1.54, 1.807) is 24.3 Å². The smallest absolute Gasteiger partial charge is 0.388 e. The van der Waals surface area contributed by atoms with Crippen molar-refractivity contribution in [3.05, 3.63) is 39.3 Å². The third-order valence-corrected chi connectivity index (χ3v) is 4.29. The zero-order chi connectivity index (χ0) is 19.3. The molecule has 2 aromatic rings. The number of rotatable bonds is 6. The van der Waals surface area contributed by atoms with Crippen LogP contribution in [0.4, 0.5) is 10.6 Å². The molecule has 0 radical (unpaired) electrons. The molecule has 0 saturated heterocycles. The van der Waals surface area contributed by atoms with Gasteiger partial charge in [-0.2, -0.15) is 0 Å². The number of hydrogen-bond donors (Lipinski definition) is 3. The van der Waals surface area contributed by atoms with E-state index in [1.165, 1.54) is 0 Å². The average Bonchev–Trinajstić information content (AvgIpc) is 2.87. The highest BCUT2D eigenvalue weighted by atomic mass is 79.9. The number of H-pyrrole nitrogens is 1. The summed E-state index contributed by atoms with van der Waals surface area (Å²) < 4.78 is 5.47. The number of anilines is 1. The summed E-state index contributed by atoms with van der Waals surface area (Å²) in [4.78, 5) is 26.1. The molecule has 3 N–H and O–H groups in total. The minimum atomic E-state index is -0.643. The maximum atomic E-state index is 12.3. The van der Waals surface area contributed by atoms with E-state index in [0.29, 0.717) is 21.6 Å². The van der Waals surface area contributed by atoms with Crippen LogP contribution in [0.25, 0.3) is 0 Å². The summed E-state index contributed by atoms with van der Waals surface area (Å²) in [5.41, 5.74) is 0.313. The fourth-order valence-corrected chi connectivity index (χ4v) is 2.78. The monoisotopic (exact) mass is 443 g/mol. The van der Waals surface area contributed by atoms with Gasteiger partial charge in [0, 0.05) is 12.6 Å². The van der Waals surface area contributed by atoms with Crippen LogP contribution in [0, 0.1) is 0 Å². The Morgan fingerprint density at radius 2 is 2.08 bits per heavy atom. The average molecular weight is 445 g/mol. The standard InChI is InChI=1S/C16H19BrClN5O3/c1-9(8-23(2)3)19-16(25)26-15-12(17)13(21-22-15)20-14(24)10-6-4-5-7-11(10)18/h4-7,9H,8H2,1-3H3,(H,19,25)(H2,20,21,22,24)/t9-/m0/s1. The van der Waals surface area contributed by atoms with E-state index in [1.807, 2.05) is 25.9 Å². The summed E-state index contributed by atoms with van der Waals surface area (Å²) in [5, 5.41) is 12.1. The van der Waals surface area contributed by atoms with Gasteiger partial charge in [-0.3, -0.25) is 9.89 Å². The number of amides is 2. The maximum absolute atomic E-state index is 12.3. The Balaban J connectivity index is 2.00. The van der Waals surface area contributed by atoms with E-state index >= 15 is 0 Å². The molecule has 10 heteroatoms. The number of nitrogens with one attached hydrogen (secondary N) is 3. The molecule has 0 aliphatic heterocycles. The Morgan fingerprint density at radius 3 is 2.73 bits per heavy atom. The highest BCUT2D eigenvalue weighted by Crippen LogP contribution is 2.30. The molecule has 0 spiro atoms. The largest absolute Gasteiger partial charge is 0.414 e. The highest BCUT2D eigenvalue weighted by Gasteiger charge is 2.19. The second kappa shape index (κ2) is 9.02. The van der Waals surface area contributed by atoms with Crippen molar-refractivity contribution >= 4 is 45.3 Å². The zero-order valence-electron chi connectivity index (χ0n) is 14.5. The zero-order valence-corrected chi connectivity index (χ0v) is 16.8. The van der Waals surface area contributed by atoms with E-state index in [4.69, 9.17) is 16.3 Å². The lowest BCUT2D eigenvalue weighted by atomic mass is 10.2. The van der Waals surface area contributed by atoms with Gasteiger partial charge >= 0.3 is 6.09 Å². The van der Waals surface area contributed by atoms with Gasteiger partial charge in [0.05, 0.1) is 10.6 Å². The van der Waals surface area contributed by atoms with Crippen LogP contribution in [0.15, 0.2) is 28.7 Å². The molecule has 1 atom stereocenters. The molecule has 2 amide bonds. The first-order valence-corrected chi connectivity index (χ1v) is 8.87. The van der Waals surface area contributed by atoms with Crippen molar-refractivity contribution in [2.75, 3.05) is 26.0 Å². The first kappa shape index (κ1) is 20.2. The normalized spacial score (nSPS) is 11.9. The Kier molecular flexibility index (Phi) is 7.01. The summed E-state index contributed by atoms with van der Waals surface area (Å²) in [6.45, 7) is 2.52. The van der Waals surface area contributed by atoms with Crippen LogP contribution >= 0.6 is 27.5 Å². The van der Waals surface area contributed by atoms with Crippen molar-refractivity contribution in [3.63, 3.8) is 0 Å². The van der Waals surface area contributed by atoms with Gasteiger partial charge in [0.1, 0.15) is 10.3 Å². The van der Waals surface area contributed by atoms with Crippen molar-refractivity contribution in [1.82, 2.24) is 20.4 Å². The van der Waals surface area contributed by atoms with Crippen LogP contribution in [-0.2, 0) is 0 Å². The molecule has 0 saturated carbocycles. The quantitative estimate of drug-likeness (QED) is 0.636. The number of halogens is 2. The molecule has 0 fully saturated rings. The fourth-order valence-electron chi connectivity index (χ4n) is 2.20. The number of hydrogen-bond acceptors (Lipinski definition) is 5. The SMILES string of the molecule is C[C@@H](CN(C)C)NC(=O)Oc1n[nH]c(NC(=O)c2ccccc2Cl)c1Br. The van der Waals surface area contributed by atoms with Crippen molar-refractivity contribution in [2.45, 2.75) is 13.0 Å². The van der Waals surface area contributed by atoms with E-state index in [2.05, 4.69) is 36.8 Å². The first-order chi connectivity index (χ1) is 12.3. The van der Waals surface area contributed by atoms with Crippen molar-refractivity contribution in [1.29, 1.82) is 0 Å². The molecule has 140 valence electrons. The Bertz CT molecular complexity index is 796. The van der Waals surface area contributed by atoms with Crippen LogP contribution < -0.4 is 15.4 Å². The van der Waals surface area contributed by atoms with Gasteiger partial charge in [0.25, 0.3) is 11.8 Å². The van der Waals surface area contributed by atoms with Crippen LogP contribution in [-0.4, -0.2) is 53.8 Å². The minimum absolute atomic E-state index is 0.00834. The van der Waals surface area contributed by atoms with Crippen molar-refractivity contribution in [3.8, 4) is 5.88 Å². The van der Waals surface area contributed by atoms with Gasteiger partial charge in [0.15, 0.2) is 0 Å². The summed E-state index contributed by atoms with van der Waals surface area (Å²) in [7, 11) is 3.81. The lowest BCUT2D eigenvalue weighted by Gasteiger charge is -2.17. The molecule has 0 aliphatic rings. The van der Waals surface area contributed by atoms with Gasteiger partial charge in [-0.15, -0.1) is 5.10 Å². The summed E-state index contributed by atoms with van der Waals surface area (Å²) in [6, 6.07) is 6.55. The van der Waals surface area contributed by atoms with Gasteiger partial charge < -0.3 is 20.3 Å². The summed E-state index contributed by atoms with van der Waals surface area (Å²) in [6.07, 6.45) is -0.643. The first-order valence-electron chi connectivity index (χ1n) is 7.70. The molecule has 1 heterocycles. The second-order valence-electron chi connectivity index (χ2n) is 5.85. The molecule has 8 nitrogen and oxygen atoms in total. The molecular formula is C16H19BrClN5O3. The Hall–Kier alpha value is -2.10. The molecule has 0 unspecified atom stereocenters. The minimum Gasteiger partial charge on any atom is -0.388 e.